The minimum atomic E-state index is -6.00. The Morgan fingerprint density at radius 1 is 1.40 bits per heavy atom. The minimum absolute atomic E-state index is 0.168. The fraction of sp³-hybridized carbons (Fsp3) is 1.00. The fourth-order valence-electron chi connectivity index (χ4n) is 0.430. The molecule has 0 spiro atoms. The molecule has 0 aromatic heterocycles. The molecular weight excluding hydrogens is 265 g/mol. The Balaban J connectivity index is 4.67. The number of nitrogens with one attached hydrogen (secondary N) is 1. The third-order valence-electron chi connectivity index (χ3n) is 0.995. The van der Waals surface area contributed by atoms with Crippen molar-refractivity contribution in [3.05, 3.63) is 0 Å². The highest BCUT2D eigenvalue weighted by molar-refractivity contribution is 7.95. The zero-order valence-corrected chi connectivity index (χ0v) is 9.13. The molecule has 0 heterocycles. The number of hydrogen-bond donors (Lipinski definition) is 1. The van der Waals surface area contributed by atoms with Crippen molar-refractivity contribution in [3.8, 4) is 0 Å². The molecular formula is C4H8F4NO4PS. The fourth-order valence-corrected chi connectivity index (χ4v) is 2.62. The quantitative estimate of drug-likeness (QED) is 0.613. The van der Waals surface area contributed by atoms with Gasteiger partial charge in [0.2, 0.25) is 0 Å². The van der Waals surface area contributed by atoms with Crippen LogP contribution >= 0.6 is 7.83 Å². The van der Waals surface area contributed by atoms with Gasteiger partial charge in [-0.05, 0) is 6.42 Å². The highest BCUT2D eigenvalue weighted by atomic mass is 32.2. The van der Waals surface area contributed by atoms with Gasteiger partial charge in [-0.1, -0.05) is 6.92 Å². The molecule has 0 aliphatic carbocycles. The molecule has 15 heavy (non-hydrogen) atoms. The van der Waals surface area contributed by atoms with Crippen LogP contribution in [0.25, 0.3) is 0 Å². The van der Waals surface area contributed by atoms with Crippen LogP contribution in [0.5, 0.6) is 0 Å². The predicted octanol–water partition coefficient (Wildman–Crippen LogP) is 1.93. The molecule has 0 saturated carbocycles. The molecule has 0 fully saturated rings. The second kappa shape index (κ2) is 4.77. The third kappa shape index (κ3) is 4.92. The van der Waals surface area contributed by atoms with E-state index in [-0.39, 0.29) is 6.42 Å². The first kappa shape index (κ1) is 14.8. The summed E-state index contributed by atoms with van der Waals surface area (Å²) < 4.78 is 83.0. The van der Waals surface area contributed by atoms with E-state index in [0.717, 1.165) is 0 Å². The summed E-state index contributed by atoms with van der Waals surface area (Å²) in [6.07, 6.45) is 0.168. The Morgan fingerprint density at radius 2 is 1.87 bits per heavy atom. The third-order valence-corrected chi connectivity index (χ3v) is 3.95. The van der Waals surface area contributed by atoms with Crippen LogP contribution in [0.4, 0.5) is 17.4 Å². The van der Waals surface area contributed by atoms with E-state index in [9.17, 15) is 30.4 Å². The number of alkyl halides is 3. The van der Waals surface area contributed by atoms with Gasteiger partial charge in [0.25, 0.3) is 0 Å². The van der Waals surface area contributed by atoms with Crippen molar-refractivity contribution < 1.29 is 34.9 Å². The van der Waals surface area contributed by atoms with E-state index in [1.165, 1.54) is 6.92 Å². The second-order valence-corrected chi connectivity index (χ2v) is 5.77. The van der Waals surface area contributed by atoms with Crippen molar-refractivity contribution in [2.45, 2.75) is 18.9 Å². The van der Waals surface area contributed by atoms with Gasteiger partial charge < -0.3 is 0 Å². The van der Waals surface area contributed by atoms with Gasteiger partial charge in [-0.3, -0.25) is 4.52 Å². The average molecular weight is 273 g/mol. The van der Waals surface area contributed by atoms with Crippen molar-refractivity contribution in [2.75, 3.05) is 6.61 Å². The minimum Gasteiger partial charge on any atom is -0.293 e. The molecule has 5 nitrogen and oxygen atoms in total. The Hall–Kier alpha value is -0.180. The molecule has 0 saturated heterocycles. The van der Waals surface area contributed by atoms with Gasteiger partial charge in [-0.2, -0.15) is 13.2 Å². The van der Waals surface area contributed by atoms with Crippen LogP contribution in [0.3, 0.4) is 0 Å². The lowest BCUT2D eigenvalue weighted by molar-refractivity contribution is -0.0443. The maximum atomic E-state index is 12.6. The standard InChI is InChI=1S/C4H8F4NO4PS/c1-2-3-13-14(8,10)9-15(11,12)4(5,6)7/h2-3H2,1H3,(H,9,10). The van der Waals surface area contributed by atoms with Crippen LogP contribution in [-0.2, 0) is 19.1 Å². The SMILES string of the molecule is CCCOP(=O)(F)NS(=O)(=O)C(F)(F)F. The van der Waals surface area contributed by atoms with Gasteiger partial charge in [0.05, 0.1) is 6.61 Å². The second-order valence-electron chi connectivity index (χ2n) is 2.35. The maximum Gasteiger partial charge on any atom is 0.512 e. The highest BCUT2D eigenvalue weighted by Gasteiger charge is 2.50. The molecule has 0 radical (unpaired) electrons. The van der Waals surface area contributed by atoms with E-state index in [4.69, 9.17) is 0 Å². The first-order chi connectivity index (χ1) is 6.52. The molecule has 0 bridgehead atoms. The van der Waals surface area contributed by atoms with Crippen LogP contribution < -0.4 is 4.49 Å². The topological polar surface area (TPSA) is 72.5 Å². The summed E-state index contributed by atoms with van der Waals surface area (Å²) in [5.41, 5.74) is -5.73. The van der Waals surface area contributed by atoms with Gasteiger partial charge in [0, 0.05) is 0 Å². The molecule has 1 atom stereocenters. The van der Waals surface area contributed by atoms with Crippen LogP contribution in [-0.4, -0.2) is 20.5 Å². The van der Waals surface area contributed by atoms with E-state index in [1.54, 1.807) is 0 Å². The monoisotopic (exact) mass is 273 g/mol. The van der Waals surface area contributed by atoms with Crippen molar-refractivity contribution in [1.82, 2.24) is 4.49 Å². The van der Waals surface area contributed by atoms with E-state index in [1.807, 2.05) is 0 Å². The summed E-state index contributed by atoms with van der Waals surface area (Å²) >= 11 is 0. The highest BCUT2D eigenvalue weighted by Crippen LogP contribution is 2.46. The summed E-state index contributed by atoms with van der Waals surface area (Å²) in [5.74, 6) is 0. The van der Waals surface area contributed by atoms with Crippen molar-refractivity contribution in [3.63, 3.8) is 0 Å². The van der Waals surface area contributed by atoms with Crippen molar-refractivity contribution in [2.24, 2.45) is 0 Å². The molecule has 0 aromatic carbocycles. The van der Waals surface area contributed by atoms with Crippen LogP contribution in [0.2, 0.25) is 0 Å². The van der Waals surface area contributed by atoms with Crippen LogP contribution in [0.15, 0.2) is 0 Å². The smallest absolute Gasteiger partial charge is 0.293 e. The summed E-state index contributed by atoms with van der Waals surface area (Å²) in [6.45, 7) is 1.01. The summed E-state index contributed by atoms with van der Waals surface area (Å²) in [6, 6.07) is 0. The lowest BCUT2D eigenvalue weighted by atomic mass is 10.5. The Kier molecular flexibility index (Phi) is 4.71. The zero-order chi connectivity index (χ0) is 12.3. The van der Waals surface area contributed by atoms with Crippen molar-refractivity contribution in [1.29, 1.82) is 0 Å². The summed E-state index contributed by atoms with van der Waals surface area (Å²) in [4.78, 5) is 0. The molecule has 0 aliphatic rings. The van der Waals surface area contributed by atoms with Crippen molar-refractivity contribution >= 4 is 17.9 Å². The molecule has 1 N–H and O–H groups in total. The van der Waals surface area contributed by atoms with Gasteiger partial charge in [-0.25, -0.2) is 13.0 Å². The lowest BCUT2D eigenvalue weighted by Gasteiger charge is -2.12. The van der Waals surface area contributed by atoms with Gasteiger partial charge >= 0.3 is 23.4 Å². The Labute approximate surface area is 83.5 Å². The lowest BCUT2D eigenvalue weighted by Crippen LogP contribution is -2.34. The van der Waals surface area contributed by atoms with Crippen LogP contribution in [0.1, 0.15) is 13.3 Å². The van der Waals surface area contributed by atoms with Gasteiger partial charge in [0.1, 0.15) is 0 Å². The Bertz CT molecular complexity index is 352. The van der Waals surface area contributed by atoms with Crippen LogP contribution in [0, 0.1) is 0 Å². The molecule has 92 valence electrons. The predicted molar refractivity (Wildman–Crippen MR) is 43.1 cm³/mol. The Morgan fingerprint density at radius 3 is 2.20 bits per heavy atom. The first-order valence-electron chi connectivity index (χ1n) is 3.56. The van der Waals surface area contributed by atoms with Gasteiger partial charge in [0.15, 0.2) is 0 Å². The zero-order valence-electron chi connectivity index (χ0n) is 7.41. The first-order valence-corrected chi connectivity index (χ1v) is 6.56. The molecule has 0 aliphatic heterocycles. The largest absolute Gasteiger partial charge is 0.512 e. The number of rotatable bonds is 5. The number of sulfonamides is 1. The summed E-state index contributed by atoms with van der Waals surface area (Å²) in [5, 5.41) is 0. The van der Waals surface area contributed by atoms with E-state index in [0.29, 0.717) is 4.49 Å². The maximum absolute atomic E-state index is 12.6. The number of halogens is 4. The summed E-state index contributed by atoms with van der Waals surface area (Å²) in [7, 11) is -11.5. The molecule has 1 unspecified atom stereocenters. The molecule has 0 aromatic rings. The molecule has 0 rings (SSSR count). The van der Waals surface area contributed by atoms with Gasteiger partial charge in [-0.15, -0.1) is 8.69 Å². The van der Waals surface area contributed by atoms with E-state index in [2.05, 4.69) is 4.52 Å². The molecule has 11 heteroatoms. The normalized spacial score (nSPS) is 17.4. The molecule has 0 amide bonds. The van der Waals surface area contributed by atoms with E-state index < -0.39 is 30.0 Å². The van der Waals surface area contributed by atoms with E-state index >= 15 is 0 Å². The number of hydrogen-bond acceptors (Lipinski definition) is 4. The average Bonchev–Trinajstić information content (AvgIpc) is 1.96.